The normalized spacial score (nSPS) is 21.7. The third-order valence-electron chi connectivity index (χ3n) is 14.5. The molecule has 1 aliphatic carbocycles. The van der Waals surface area contributed by atoms with E-state index in [4.69, 9.17) is 21.1 Å². The molecule has 3 aliphatic rings. The number of hydrogen-bond donors (Lipinski definition) is 4. The predicted octanol–water partition coefficient (Wildman–Crippen LogP) is 8.25. The van der Waals surface area contributed by atoms with Crippen molar-refractivity contribution in [2.45, 2.75) is 124 Å². The van der Waals surface area contributed by atoms with E-state index in [-0.39, 0.29) is 60.4 Å². The second kappa shape index (κ2) is 21.4. The van der Waals surface area contributed by atoms with Crippen molar-refractivity contribution in [1.82, 2.24) is 25.8 Å². The number of aromatic nitrogens is 1. The van der Waals surface area contributed by atoms with Gasteiger partial charge in [-0.25, -0.2) is 4.98 Å². The number of halogens is 1. The smallest absolute Gasteiger partial charge is 0.251 e. The molecule has 2 aliphatic heterocycles. The maximum absolute atomic E-state index is 14.1. The SMILES string of the molecule is Cc1ncsc1-c1ccc([C@H](C)NC(=O)[C@@H]2C[C@@H](O)CN2C(=O)[C@@H](NC(=O)COCCC2CCN(c3ccc(C(=O)N[C@H]4C(C)(C)[C@H](Oc5ccc(C#N)c(Cl)c5)C4(C)C)cc3)CC2)C(C)(C)C)cc1. The molecule has 4 amide bonds. The van der Waals surface area contributed by atoms with Gasteiger partial charge in [-0.05, 0) is 92.0 Å². The predicted molar refractivity (Wildman–Crippen MR) is 273 cm³/mol. The number of carbonyl (C=O) groups is 4. The lowest BCUT2D eigenvalue weighted by atomic mass is 9.49. The van der Waals surface area contributed by atoms with Crippen LogP contribution < -0.4 is 25.6 Å². The topological polar surface area (TPSA) is 186 Å². The van der Waals surface area contributed by atoms with Crippen LogP contribution in [0.4, 0.5) is 5.69 Å². The highest BCUT2D eigenvalue weighted by Crippen LogP contribution is 2.55. The number of likely N-dealkylation sites (tertiary alicyclic amines) is 1. The lowest BCUT2D eigenvalue weighted by Crippen LogP contribution is -2.74. The lowest BCUT2D eigenvalue weighted by molar-refractivity contribution is -0.164. The average Bonchev–Trinajstić information content (AvgIpc) is 3.95. The van der Waals surface area contributed by atoms with Gasteiger partial charge in [0.1, 0.15) is 36.6 Å². The summed E-state index contributed by atoms with van der Waals surface area (Å²) in [5, 5.41) is 29.5. The number of anilines is 1. The number of piperidine rings is 1. The van der Waals surface area contributed by atoms with E-state index < -0.39 is 35.4 Å². The van der Waals surface area contributed by atoms with Crippen LogP contribution in [0.5, 0.6) is 5.75 Å². The number of benzene rings is 3. The number of nitrogens with one attached hydrogen (secondary N) is 3. The number of aliphatic hydroxyl groups is 1. The number of nitriles is 1. The first-order chi connectivity index (χ1) is 33.1. The molecule has 0 radical (unpaired) electrons. The van der Waals surface area contributed by atoms with Crippen molar-refractivity contribution in [2.75, 3.05) is 37.7 Å². The van der Waals surface area contributed by atoms with Crippen LogP contribution in [0.15, 0.2) is 72.2 Å². The molecule has 0 unspecified atom stereocenters. The molecule has 4 atom stereocenters. The molecule has 374 valence electrons. The number of thiazole rings is 1. The Hall–Kier alpha value is -5.53. The number of amides is 4. The van der Waals surface area contributed by atoms with Crippen LogP contribution in [-0.4, -0.2) is 102 Å². The van der Waals surface area contributed by atoms with E-state index in [1.807, 2.05) is 88.7 Å². The molecule has 2 saturated heterocycles. The highest BCUT2D eigenvalue weighted by molar-refractivity contribution is 7.13. The number of hydrogen-bond acceptors (Lipinski definition) is 11. The third-order valence-corrected chi connectivity index (χ3v) is 15.8. The van der Waals surface area contributed by atoms with E-state index >= 15 is 0 Å². The van der Waals surface area contributed by atoms with Crippen LogP contribution >= 0.6 is 22.9 Å². The molecule has 3 fully saturated rings. The molecule has 70 heavy (non-hydrogen) atoms. The molecular formula is C54H68ClN7O7S. The van der Waals surface area contributed by atoms with Gasteiger partial charge < -0.3 is 40.3 Å². The minimum atomic E-state index is -0.949. The number of rotatable bonds is 16. The van der Waals surface area contributed by atoms with Crippen molar-refractivity contribution in [2.24, 2.45) is 22.2 Å². The largest absolute Gasteiger partial charge is 0.489 e. The number of nitrogens with zero attached hydrogens (tertiary/aromatic N) is 4. The van der Waals surface area contributed by atoms with Gasteiger partial charge in [0.2, 0.25) is 17.7 Å². The first-order valence-electron chi connectivity index (χ1n) is 24.3. The maximum Gasteiger partial charge on any atom is 0.251 e. The molecule has 3 heterocycles. The van der Waals surface area contributed by atoms with Crippen molar-refractivity contribution >= 4 is 52.3 Å². The van der Waals surface area contributed by atoms with E-state index in [0.29, 0.717) is 34.4 Å². The zero-order chi connectivity index (χ0) is 50.7. The van der Waals surface area contributed by atoms with E-state index in [1.54, 1.807) is 29.5 Å². The van der Waals surface area contributed by atoms with Gasteiger partial charge in [-0.2, -0.15) is 5.26 Å². The summed E-state index contributed by atoms with van der Waals surface area (Å²) in [7, 11) is 0. The second-order valence-corrected chi connectivity index (χ2v) is 22.8. The van der Waals surface area contributed by atoms with Crippen LogP contribution in [0.2, 0.25) is 5.02 Å². The molecule has 4 N–H and O–H groups in total. The van der Waals surface area contributed by atoms with Crippen molar-refractivity contribution in [3.8, 4) is 22.3 Å². The number of carbonyl (C=O) groups excluding carboxylic acids is 4. The Kier molecular flexibility index (Phi) is 16.0. The Balaban J connectivity index is 0.831. The second-order valence-electron chi connectivity index (χ2n) is 21.5. The summed E-state index contributed by atoms with van der Waals surface area (Å²) in [6.07, 6.45) is 1.73. The standard InChI is InChI=1S/C54H68ClN7O7S/c1-32(35-10-12-36(13-11-35)45-33(2)57-31-70-45)58-48(66)43-26-40(63)29-62(43)49(67)46(52(3,4)5)59-44(64)30-68-25-22-34-20-23-61(24-21-34)39-17-14-37(15-18-39)47(65)60-50-53(6,7)51(54(50,8)9)69-41-19-16-38(28-56)42(55)27-41/h10-19,27,31-32,34,40,43,46,50-51,63H,20-26,29-30H2,1-9H3,(H,58,66)(H,59,64)(H,60,65)/t32-,40+,43-,46+,50-,51-/m0/s1. The van der Waals surface area contributed by atoms with Gasteiger partial charge in [0.05, 0.1) is 38.8 Å². The van der Waals surface area contributed by atoms with Crippen LogP contribution in [0.25, 0.3) is 10.4 Å². The summed E-state index contributed by atoms with van der Waals surface area (Å²) in [5.74, 6) is -0.341. The zero-order valence-corrected chi connectivity index (χ0v) is 43.4. The Morgan fingerprint density at radius 3 is 2.26 bits per heavy atom. The molecule has 0 bridgehead atoms. The maximum atomic E-state index is 14.1. The summed E-state index contributed by atoms with van der Waals surface area (Å²) < 4.78 is 12.2. The van der Waals surface area contributed by atoms with Gasteiger partial charge in [0, 0.05) is 66.9 Å². The Morgan fingerprint density at radius 1 is 0.986 bits per heavy atom. The van der Waals surface area contributed by atoms with Gasteiger partial charge in [0.15, 0.2) is 0 Å². The van der Waals surface area contributed by atoms with Crippen LogP contribution in [0, 0.1) is 40.4 Å². The minimum absolute atomic E-state index is 0.00956. The summed E-state index contributed by atoms with van der Waals surface area (Å²) in [5.41, 5.74) is 5.33. The van der Waals surface area contributed by atoms with Crippen molar-refractivity contribution < 1.29 is 33.8 Å². The molecule has 1 aromatic heterocycles. The van der Waals surface area contributed by atoms with Gasteiger partial charge >= 0.3 is 0 Å². The van der Waals surface area contributed by atoms with Crippen LogP contribution in [0.1, 0.15) is 114 Å². The van der Waals surface area contributed by atoms with Gasteiger partial charge in [-0.15, -0.1) is 11.3 Å². The Morgan fingerprint density at radius 2 is 1.66 bits per heavy atom. The third kappa shape index (κ3) is 11.6. The fraction of sp³-hybridized carbons (Fsp3) is 0.519. The van der Waals surface area contributed by atoms with Crippen molar-refractivity contribution in [1.29, 1.82) is 5.26 Å². The summed E-state index contributed by atoms with van der Waals surface area (Å²) in [4.78, 5) is 63.8. The first kappa shape index (κ1) is 52.3. The molecule has 4 aromatic rings. The molecule has 1 saturated carbocycles. The van der Waals surface area contributed by atoms with Crippen molar-refractivity contribution in [3.05, 3.63) is 99.6 Å². The molecule has 14 nitrogen and oxygen atoms in total. The Labute approximate surface area is 421 Å². The molecule has 3 aromatic carbocycles. The van der Waals surface area contributed by atoms with Gasteiger partial charge in [-0.1, -0.05) is 84.3 Å². The fourth-order valence-corrected chi connectivity index (χ4v) is 11.8. The number of ether oxygens (including phenoxy) is 2. The number of aliphatic hydroxyl groups excluding tert-OH is 1. The summed E-state index contributed by atoms with van der Waals surface area (Å²) in [6, 6.07) is 20.5. The molecule has 0 spiro atoms. The molecule has 16 heteroatoms. The van der Waals surface area contributed by atoms with Crippen molar-refractivity contribution in [3.63, 3.8) is 0 Å². The highest BCUT2D eigenvalue weighted by atomic mass is 35.5. The van der Waals surface area contributed by atoms with E-state index in [2.05, 4.69) is 59.6 Å². The van der Waals surface area contributed by atoms with E-state index in [9.17, 15) is 29.5 Å². The summed E-state index contributed by atoms with van der Waals surface area (Å²) >= 11 is 7.84. The monoisotopic (exact) mass is 993 g/mol. The Bertz CT molecular complexity index is 2550. The molecule has 7 rings (SSSR count). The van der Waals surface area contributed by atoms with Gasteiger partial charge in [0.25, 0.3) is 5.91 Å². The number of aryl methyl sites for hydroxylation is 1. The van der Waals surface area contributed by atoms with E-state index in [1.165, 1.54) is 4.90 Å². The zero-order valence-electron chi connectivity index (χ0n) is 41.8. The van der Waals surface area contributed by atoms with Crippen LogP contribution in [-0.2, 0) is 19.1 Å². The van der Waals surface area contributed by atoms with E-state index in [0.717, 1.165) is 59.7 Å². The number of β-amino-alcohol motifs (C(OH)–C–C–N with tert-alkyl or cyclic N) is 1. The lowest BCUT2D eigenvalue weighted by Gasteiger charge is -2.63. The highest BCUT2D eigenvalue weighted by Gasteiger charge is 2.64. The average molecular weight is 995 g/mol. The minimum Gasteiger partial charge on any atom is -0.489 e. The summed E-state index contributed by atoms with van der Waals surface area (Å²) in [6.45, 7) is 19.7. The molecular weight excluding hydrogens is 926 g/mol. The first-order valence-corrected chi connectivity index (χ1v) is 25.5. The van der Waals surface area contributed by atoms with Crippen LogP contribution in [0.3, 0.4) is 0 Å². The quantitative estimate of drug-likeness (QED) is 0.0797. The fourth-order valence-electron chi connectivity index (χ4n) is 10.7. The van der Waals surface area contributed by atoms with Gasteiger partial charge in [-0.3, -0.25) is 19.2 Å².